The third-order valence-corrected chi connectivity index (χ3v) is 3.04. The maximum absolute atomic E-state index is 5.70. The molecule has 0 saturated carbocycles. The normalized spacial score (nSPS) is 18.4. The van der Waals surface area contributed by atoms with Crippen LogP contribution >= 0.6 is 24.0 Å². The molecule has 1 heterocycles. The molecule has 1 rings (SSSR count). The van der Waals surface area contributed by atoms with Gasteiger partial charge in [-0.3, -0.25) is 4.99 Å². The summed E-state index contributed by atoms with van der Waals surface area (Å²) in [6.45, 7) is 7.65. The molecule has 0 aromatic heterocycles. The monoisotopic (exact) mass is 415 g/mol. The third-order valence-electron chi connectivity index (χ3n) is 3.04. The van der Waals surface area contributed by atoms with Crippen LogP contribution in [0.25, 0.3) is 0 Å². The zero-order valence-corrected chi connectivity index (χ0v) is 15.6. The van der Waals surface area contributed by atoms with Crippen molar-refractivity contribution in [3.05, 3.63) is 0 Å². The summed E-state index contributed by atoms with van der Waals surface area (Å²) in [5.74, 6) is 0.839. The van der Waals surface area contributed by atoms with Gasteiger partial charge in [-0.2, -0.15) is 0 Å². The van der Waals surface area contributed by atoms with Crippen LogP contribution in [-0.4, -0.2) is 65.2 Å². The lowest BCUT2D eigenvalue weighted by Crippen LogP contribution is -2.38. The van der Waals surface area contributed by atoms with E-state index in [0.717, 1.165) is 71.3 Å². The molecular formula is C14H30IN3O3. The lowest BCUT2D eigenvalue weighted by molar-refractivity contribution is 0.0420. The van der Waals surface area contributed by atoms with Gasteiger partial charge in [-0.05, 0) is 26.2 Å². The molecule has 126 valence electrons. The second-order valence-electron chi connectivity index (χ2n) is 4.69. The van der Waals surface area contributed by atoms with Crippen LogP contribution in [0.2, 0.25) is 0 Å². The maximum Gasteiger partial charge on any atom is 0.190 e. The van der Waals surface area contributed by atoms with Gasteiger partial charge in [0.25, 0.3) is 0 Å². The number of hydrogen-bond donors (Lipinski definition) is 2. The Morgan fingerprint density at radius 3 is 2.52 bits per heavy atom. The highest BCUT2D eigenvalue weighted by atomic mass is 127. The van der Waals surface area contributed by atoms with E-state index in [4.69, 9.17) is 14.2 Å². The summed E-state index contributed by atoms with van der Waals surface area (Å²) in [6.07, 6.45) is 3.28. The number of nitrogens with zero attached hydrogens (tertiary/aromatic N) is 1. The third kappa shape index (κ3) is 11.1. The summed E-state index contributed by atoms with van der Waals surface area (Å²) in [4.78, 5) is 4.17. The summed E-state index contributed by atoms with van der Waals surface area (Å²) in [6, 6.07) is 0. The fourth-order valence-electron chi connectivity index (χ4n) is 1.92. The van der Waals surface area contributed by atoms with Gasteiger partial charge in [0.2, 0.25) is 0 Å². The van der Waals surface area contributed by atoms with Crippen LogP contribution in [0.4, 0.5) is 0 Å². The molecule has 1 aliphatic heterocycles. The molecule has 7 heteroatoms. The zero-order chi connectivity index (χ0) is 14.5. The molecule has 1 atom stereocenters. The van der Waals surface area contributed by atoms with E-state index in [9.17, 15) is 0 Å². The van der Waals surface area contributed by atoms with Crippen LogP contribution in [0.1, 0.15) is 26.2 Å². The first kappa shape index (κ1) is 20.9. The average Bonchev–Trinajstić information content (AvgIpc) is 2.97. The highest BCUT2D eigenvalue weighted by Gasteiger charge is 2.15. The minimum absolute atomic E-state index is 0. The van der Waals surface area contributed by atoms with Crippen LogP contribution in [0.15, 0.2) is 4.99 Å². The number of ether oxygens (including phenoxy) is 3. The number of hydrogen-bond acceptors (Lipinski definition) is 4. The maximum atomic E-state index is 5.70. The summed E-state index contributed by atoms with van der Waals surface area (Å²) < 4.78 is 16.2. The molecule has 1 unspecified atom stereocenters. The van der Waals surface area contributed by atoms with E-state index in [1.165, 1.54) is 0 Å². The van der Waals surface area contributed by atoms with E-state index in [1.807, 2.05) is 6.92 Å². The summed E-state index contributed by atoms with van der Waals surface area (Å²) in [7, 11) is 1.78. The molecule has 0 aromatic rings. The molecule has 0 amide bonds. The van der Waals surface area contributed by atoms with Crippen molar-refractivity contribution in [2.24, 2.45) is 4.99 Å². The van der Waals surface area contributed by atoms with E-state index in [-0.39, 0.29) is 24.0 Å². The second kappa shape index (κ2) is 14.8. The molecule has 0 spiro atoms. The number of guanidine groups is 1. The van der Waals surface area contributed by atoms with Crippen LogP contribution < -0.4 is 10.6 Å². The first-order valence-electron chi connectivity index (χ1n) is 7.58. The van der Waals surface area contributed by atoms with Gasteiger partial charge in [0, 0.05) is 46.6 Å². The van der Waals surface area contributed by atoms with E-state index in [0.29, 0.717) is 6.10 Å². The minimum atomic E-state index is 0. The lowest BCUT2D eigenvalue weighted by atomic mass is 10.3. The van der Waals surface area contributed by atoms with Crippen molar-refractivity contribution in [1.82, 2.24) is 10.6 Å². The van der Waals surface area contributed by atoms with Gasteiger partial charge >= 0.3 is 0 Å². The standard InChI is InChI=1S/C14H29N3O3.HI/c1-3-18-9-4-7-16-14(15-2)17-8-5-10-20-13-6-11-19-12-13;/h13H,3-12H2,1-2H3,(H2,15,16,17);1H. The SMILES string of the molecule is CCOCCCNC(=NC)NCCCOC1CCOC1.I. The number of nitrogens with one attached hydrogen (secondary N) is 2. The Bertz CT molecular complexity index is 262. The Labute approximate surface area is 145 Å². The number of aliphatic imine (C=N–C) groups is 1. The van der Waals surface area contributed by atoms with Crippen LogP contribution in [-0.2, 0) is 14.2 Å². The van der Waals surface area contributed by atoms with Gasteiger partial charge in [0.15, 0.2) is 5.96 Å². The van der Waals surface area contributed by atoms with Gasteiger partial charge in [0.1, 0.15) is 0 Å². The largest absolute Gasteiger partial charge is 0.382 e. The van der Waals surface area contributed by atoms with Crippen molar-refractivity contribution in [3.63, 3.8) is 0 Å². The molecule has 1 fully saturated rings. The number of rotatable bonds is 10. The van der Waals surface area contributed by atoms with Crippen LogP contribution in [0.3, 0.4) is 0 Å². The molecule has 0 aromatic carbocycles. The Morgan fingerprint density at radius 2 is 1.95 bits per heavy atom. The molecule has 21 heavy (non-hydrogen) atoms. The van der Waals surface area contributed by atoms with Crippen molar-refractivity contribution >= 4 is 29.9 Å². The number of halogens is 1. The average molecular weight is 415 g/mol. The predicted molar refractivity (Wildman–Crippen MR) is 95.7 cm³/mol. The van der Waals surface area contributed by atoms with Crippen molar-refractivity contribution in [2.45, 2.75) is 32.3 Å². The van der Waals surface area contributed by atoms with Crippen LogP contribution in [0.5, 0.6) is 0 Å². The smallest absolute Gasteiger partial charge is 0.190 e. The van der Waals surface area contributed by atoms with Crippen molar-refractivity contribution in [2.75, 3.05) is 53.2 Å². The fourth-order valence-corrected chi connectivity index (χ4v) is 1.92. The first-order valence-corrected chi connectivity index (χ1v) is 7.58. The molecule has 0 aliphatic carbocycles. The van der Waals surface area contributed by atoms with E-state index < -0.39 is 0 Å². The van der Waals surface area contributed by atoms with Crippen molar-refractivity contribution in [1.29, 1.82) is 0 Å². The minimum Gasteiger partial charge on any atom is -0.382 e. The molecule has 6 nitrogen and oxygen atoms in total. The van der Waals surface area contributed by atoms with Gasteiger partial charge in [-0.15, -0.1) is 24.0 Å². The quantitative estimate of drug-likeness (QED) is 0.244. The molecular weight excluding hydrogens is 385 g/mol. The van der Waals surface area contributed by atoms with E-state index in [1.54, 1.807) is 7.05 Å². The van der Waals surface area contributed by atoms with Gasteiger partial charge in [0.05, 0.1) is 12.7 Å². The zero-order valence-electron chi connectivity index (χ0n) is 13.2. The summed E-state index contributed by atoms with van der Waals surface area (Å²) in [5, 5.41) is 6.53. The second-order valence-corrected chi connectivity index (χ2v) is 4.69. The van der Waals surface area contributed by atoms with E-state index in [2.05, 4.69) is 15.6 Å². The molecule has 1 aliphatic rings. The topological polar surface area (TPSA) is 64.1 Å². The Hall–Kier alpha value is -0.120. The Morgan fingerprint density at radius 1 is 1.24 bits per heavy atom. The summed E-state index contributed by atoms with van der Waals surface area (Å²) >= 11 is 0. The first-order chi connectivity index (χ1) is 9.86. The molecule has 1 saturated heterocycles. The van der Waals surface area contributed by atoms with Crippen LogP contribution in [0, 0.1) is 0 Å². The van der Waals surface area contributed by atoms with Crippen molar-refractivity contribution < 1.29 is 14.2 Å². The summed E-state index contributed by atoms with van der Waals surface area (Å²) in [5.41, 5.74) is 0. The molecule has 0 bridgehead atoms. The van der Waals surface area contributed by atoms with Crippen molar-refractivity contribution in [3.8, 4) is 0 Å². The van der Waals surface area contributed by atoms with E-state index >= 15 is 0 Å². The highest BCUT2D eigenvalue weighted by molar-refractivity contribution is 14.0. The van der Waals surface area contributed by atoms with Gasteiger partial charge in [-0.25, -0.2) is 0 Å². The lowest BCUT2D eigenvalue weighted by Gasteiger charge is -2.13. The highest BCUT2D eigenvalue weighted by Crippen LogP contribution is 2.07. The Balaban J connectivity index is 0.00000400. The van der Waals surface area contributed by atoms with Gasteiger partial charge in [-0.1, -0.05) is 0 Å². The fraction of sp³-hybridized carbons (Fsp3) is 0.929. The Kier molecular flexibility index (Phi) is 14.7. The van der Waals surface area contributed by atoms with Gasteiger partial charge < -0.3 is 24.8 Å². The molecule has 0 radical (unpaired) electrons. The predicted octanol–water partition coefficient (Wildman–Crippen LogP) is 1.39. The molecule has 2 N–H and O–H groups in total.